The molecular formula is C10H16N4S2. The molecule has 0 spiro atoms. The number of thioether (sulfide) groups is 1. The summed E-state index contributed by atoms with van der Waals surface area (Å²) in [4.78, 5) is 0. The van der Waals surface area contributed by atoms with Gasteiger partial charge in [0.05, 0.1) is 6.07 Å². The molecule has 1 aromatic heterocycles. The Morgan fingerprint density at radius 1 is 1.75 bits per heavy atom. The van der Waals surface area contributed by atoms with E-state index in [0.29, 0.717) is 5.25 Å². The predicted molar refractivity (Wildman–Crippen MR) is 67.5 cm³/mol. The molecule has 0 radical (unpaired) electrons. The van der Waals surface area contributed by atoms with Crippen LogP contribution in [-0.4, -0.2) is 27.5 Å². The molecule has 0 saturated carbocycles. The maximum Gasteiger partial charge on any atom is 0.174 e. The number of rotatable bonds is 6. The van der Waals surface area contributed by atoms with E-state index >= 15 is 0 Å². The number of hydrogen-bond donors (Lipinski definition) is 1. The van der Waals surface area contributed by atoms with Crippen molar-refractivity contribution in [3.63, 3.8) is 0 Å². The fraction of sp³-hybridized carbons (Fsp3) is 0.700. The summed E-state index contributed by atoms with van der Waals surface area (Å²) in [5, 5.41) is 20.5. The lowest BCUT2D eigenvalue weighted by Gasteiger charge is -2.25. The second-order valence-electron chi connectivity index (χ2n) is 3.81. The quantitative estimate of drug-likeness (QED) is 0.791. The van der Waals surface area contributed by atoms with Crippen molar-refractivity contribution < 1.29 is 0 Å². The Labute approximate surface area is 104 Å². The van der Waals surface area contributed by atoms with Crippen molar-refractivity contribution in [3.8, 4) is 6.07 Å². The molecule has 0 fully saturated rings. The first-order valence-electron chi connectivity index (χ1n) is 5.18. The summed E-state index contributed by atoms with van der Waals surface area (Å²) in [6.45, 7) is 6.87. The van der Waals surface area contributed by atoms with Crippen molar-refractivity contribution in [2.75, 3.05) is 6.54 Å². The zero-order chi connectivity index (χ0) is 12.0. The highest BCUT2D eigenvalue weighted by Gasteiger charge is 2.25. The van der Waals surface area contributed by atoms with Crippen LogP contribution in [0, 0.1) is 11.3 Å². The van der Waals surface area contributed by atoms with Gasteiger partial charge in [0.2, 0.25) is 0 Å². The number of hydrogen-bond acceptors (Lipinski definition) is 6. The summed E-state index contributed by atoms with van der Waals surface area (Å²) in [6.07, 6.45) is 0.793. The van der Waals surface area contributed by atoms with Crippen LogP contribution in [0.15, 0.2) is 9.85 Å². The average molecular weight is 256 g/mol. The number of nitriles is 1. The lowest BCUT2D eigenvalue weighted by Crippen LogP contribution is -2.42. The highest BCUT2D eigenvalue weighted by molar-refractivity contribution is 8.01. The van der Waals surface area contributed by atoms with Gasteiger partial charge >= 0.3 is 0 Å². The molecule has 1 rings (SSSR count). The Kier molecular flexibility index (Phi) is 5.19. The number of aromatic nitrogens is 2. The van der Waals surface area contributed by atoms with Crippen LogP contribution in [0.25, 0.3) is 0 Å². The summed E-state index contributed by atoms with van der Waals surface area (Å²) in [5.41, 5.74) is 1.27. The molecule has 1 heterocycles. The molecule has 16 heavy (non-hydrogen) atoms. The minimum absolute atomic E-state index is 0.344. The van der Waals surface area contributed by atoms with Crippen LogP contribution in [0.5, 0.6) is 0 Å². The van der Waals surface area contributed by atoms with Crippen molar-refractivity contribution in [2.45, 2.75) is 42.3 Å². The summed E-state index contributed by atoms with van der Waals surface area (Å²) < 4.78 is 0.962. The molecule has 1 N–H and O–H groups in total. The maximum atomic E-state index is 9.14. The number of nitrogens with one attached hydrogen (secondary N) is 1. The van der Waals surface area contributed by atoms with E-state index in [9.17, 15) is 0 Å². The van der Waals surface area contributed by atoms with Gasteiger partial charge in [-0.25, -0.2) is 0 Å². The zero-order valence-electron chi connectivity index (χ0n) is 9.73. The van der Waals surface area contributed by atoms with E-state index in [-0.39, 0.29) is 0 Å². The van der Waals surface area contributed by atoms with Gasteiger partial charge < -0.3 is 0 Å². The summed E-state index contributed by atoms with van der Waals surface area (Å²) in [6, 6.07) is 2.33. The van der Waals surface area contributed by atoms with Crippen LogP contribution in [-0.2, 0) is 0 Å². The van der Waals surface area contributed by atoms with Crippen LogP contribution in [0.1, 0.15) is 27.2 Å². The SMILES string of the molecule is CCNC(C)(C#N)CC(C)Sc1nncs1. The lowest BCUT2D eigenvalue weighted by molar-refractivity contribution is 0.429. The molecule has 4 nitrogen and oxygen atoms in total. The molecule has 1 aromatic rings. The third kappa shape index (κ3) is 4.08. The van der Waals surface area contributed by atoms with Gasteiger partial charge in [-0.15, -0.1) is 10.2 Å². The van der Waals surface area contributed by atoms with Crippen molar-refractivity contribution >= 4 is 23.1 Å². The highest BCUT2D eigenvalue weighted by atomic mass is 32.2. The van der Waals surface area contributed by atoms with Gasteiger partial charge in [-0.3, -0.25) is 5.32 Å². The van der Waals surface area contributed by atoms with Crippen LogP contribution in [0.2, 0.25) is 0 Å². The van der Waals surface area contributed by atoms with E-state index in [1.165, 1.54) is 11.3 Å². The molecule has 0 aliphatic carbocycles. The summed E-state index contributed by atoms with van der Waals surface area (Å²) in [5.74, 6) is 0. The third-order valence-corrected chi connectivity index (χ3v) is 4.06. The standard InChI is InChI=1S/C10H16N4S2/c1-4-12-10(3,6-11)5-8(2)16-9-14-13-7-15-9/h7-8,12H,4-5H2,1-3H3. The van der Waals surface area contributed by atoms with Crippen molar-refractivity contribution in [2.24, 2.45) is 0 Å². The first kappa shape index (κ1) is 13.4. The van der Waals surface area contributed by atoms with Crippen LogP contribution in [0.4, 0.5) is 0 Å². The Morgan fingerprint density at radius 2 is 2.50 bits per heavy atom. The fourth-order valence-corrected chi connectivity index (χ4v) is 3.53. The summed E-state index contributed by atoms with van der Waals surface area (Å²) >= 11 is 3.21. The zero-order valence-corrected chi connectivity index (χ0v) is 11.4. The minimum atomic E-state index is -0.453. The van der Waals surface area contributed by atoms with Crippen LogP contribution >= 0.6 is 23.1 Å². The normalized spacial score (nSPS) is 16.4. The van der Waals surface area contributed by atoms with E-state index in [1.54, 1.807) is 17.3 Å². The second-order valence-corrected chi connectivity index (χ2v) is 6.33. The van der Waals surface area contributed by atoms with E-state index < -0.39 is 5.54 Å². The predicted octanol–water partition coefficient (Wildman–Crippen LogP) is 2.30. The van der Waals surface area contributed by atoms with E-state index in [4.69, 9.17) is 5.26 Å². The lowest BCUT2D eigenvalue weighted by atomic mass is 9.98. The van der Waals surface area contributed by atoms with Gasteiger partial charge in [0.1, 0.15) is 11.0 Å². The second kappa shape index (κ2) is 6.18. The Balaban J connectivity index is 2.50. The molecule has 0 saturated heterocycles. The number of nitrogens with zero attached hydrogens (tertiary/aromatic N) is 3. The Morgan fingerprint density at radius 3 is 3.00 bits per heavy atom. The third-order valence-electron chi connectivity index (χ3n) is 2.15. The first-order chi connectivity index (χ1) is 7.59. The van der Waals surface area contributed by atoms with E-state index in [0.717, 1.165) is 17.3 Å². The Hall–Kier alpha value is -0.640. The molecule has 0 aliphatic heterocycles. The molecule has 0 aromatic carbocycles. The topological polar surface area (TPSA) is 61.6 Å². The molecule has 6 heteroatoms. The van der Waals surface area contributed by atoms with E-state index in [2.05, 4.69) is 28.5 Å². The monoisotopic (exact) mass is 256 g/mol. The molecule has 88 valence electrons. The van der Waals surface area contributed by atoms with Crippen molar-refractivity contribution in [1.29, 1.82) is 5.26 Å². The van der Waals surface area contributed by atoms with Crippen molar-refractivity contribution in [1.82, 2.24) is 15.5 Å². The highest BCUT2D eigenvalue weighted by Crippen LogP contribution is 2.29. The molecule has 0 aliphatic rings. The molecule has 2 unspecified atom stereocenters. The van der Waals surface area contributed by atoms with Gasteiger partial charge in [-0.05, 0) is 19.9 Å². The van der Waals surface area contributed by atoms with Gasteiger partial charge in [0.15, 0.2) is 4.34 Å². The largest absolute Gasteiger partial charge is 0.300 e. The van der Waals surface area contributed by atoms with Gasteiger partial charge in [0, 0.05) is 5.25 Å². The summed E-state index contributed by atoms with van der Waals surface area (Å²) in [7, 11) is 0. The molecule has 0 bridgehead atoms. The van der Waals surface area contributed by atoms with Gasteiger partial charge in [-0.2, -0.15) is 5.26 Å². The van der Waals surface area contributed by atoms with Gasteiger partial charge in [0.25, 0.3) is 0 Å². The fourth-order valence-electron chi connectivity index (χ4n) is 1.55. The van der Waals surface area contributed by atoms with Gasteiger partial charge in [-0.1, -0.05) is 36.9 Å². The molecular weight excluding hydrogens is 240 g/mol. The first-order valence-corrected chi connectivity index (χ1v) is 6.94. The molecule has 0 amide bonds. The average Bonchev–Trinajstić information content (AvgIpc) is 2.70. The minimum Gasteiger partial charge on any atom is -0.300 e. The smallest absolute Gasteiger partial charge is 0.174 e. The maximum absolute atomic E-state index is 9.14. The van der Waals surface area contributed by atoms with Crippen LogP contribution < -0.4 is 5.32 Å². The van der Waals surface area contributed by atoms with Crippen molar-refractivity contribution in [3.05, 3.63) is 5.51 Å². The Bertz CT molecular complexity index is 346. The molecule has 2 atom stereocenters. The van der Waals surface area contributed by atoms with Crippen LogP contribution in [0.3, 0.4) is 0 Å². The van der Waals surface area contributed by atoms with E-state index in [1.807, 2.05) is 13.8 Å².